The van der Waals surface area contributed by atoms with E-state index in [0.29, 0.717) is 18.0 Å². The number of anilines is 1. The van der Waals surface area contributed by atoms with Crippen molar-refractivity contribution in [3.8, 4) is 6.07 Å². The van der Waals surface area contributed by atoms with Crippen LogP contribution in [0.4, 0.5) is 23.2 Å². The fraction of sp³-hybridized carbons (Fsp3) is 0.367. The summed E-state index contributed by atoms with van der Waals surface area (Å²) in [5.74, 6) is 0.0351. The van der Waals surface area contributed by atoms with Gasteiger partial charge in [0.05, 0.1) is 46.1 Å². The van der Waals surface area contributed by atoms with Gasteiger partial charge in [-0.3, -0.25) is 14.1 Å². The number of benzene rings is 2. The number of amides is 1. The number of alkyl halides is 3. The summed E-state index contributed by atoms with van der Waals surface area (Å²) in [6.07, 6.45) is -1.01. The number of nitrogens with one attached hydrogen (secondary N) is 1. The molecular weight excluding hydrogens is 604 g/mol. The molecule has 1 aliphatic carbocycles. The number of thioether (sulfide) groups is 1. The zero-order valence-electron chi connectivity index (χ0n) is 22.7. The van der Waals surface area contributed by atoms with Gasteiger partial charge in [0, 0.05) is 17.2 Å². The number of nitriles is 1. The van der Waals surface area contributed by atoms with Crippen LogP contribution in [-0.4, -0.2) is 36.9 Å². The van der Waals surface area contributed by atoms with Crippen LogP contribution in [0.2, 0.25) is 0 Å². The summed E-state index contributed by atoms with van der Waals surface area (Å²) in [6, 6.07) is 12.8. The van der Waals surface area contributed by atoms with Crippen molar-refractivity contribution in [1.29, 1.82) is 5.26 Å². The van der Waals surface area contributed by atoms with Crippen LogP contribution in [0.1, 0.15) is 58.4 Å². The van der Waals surface area contributed by atoms with Crippen LogP contribution in [-0.2, 0) is 28.2 Å². The van der Waals surface area contributed by atoms with Crippen LogP contribution < -0.4 is 9.62 Å². The summed E-state index contributed by atoms with van der Waals surface area (Å²) in [7, 11) is -4.07. The topological polar surface area (TPSA) is 103 Å². The Morgan fingerprint density at radius 1 is 1.14 bits per heavy atom. The first-order chi connectivity index (χ1) is 20.5. The van der Waals surface area contributed by atoms with E-state index in [2.05, 4.69) is 10.3 Å². The monoisotopic (exact) mass is 630 g/mol. The lowest BCUT2D eigenvalue weighted by atomic mass is 9.70. The van der Waals surface area contributed by atoms with E-state index >= 15 is 0 Å². The molecule has 1 spiro atoms. The third kappa shape index (κ3) is 5.25. The Kier molecular flexibility index (Phi) is 7.41. The fourth-order valence-electron chi connectivity index (χ4n) is 6.29. The van der Waals surface area contributed by atoms with Crippen LogP contribution >= 0.6 is 11.8 Å². The molecule has 0 bridgehead atoms. The summed E-state index contributed by atoms with van der Waals surface area (Å²) >= 11 is 1.80. The molecule has 1 N–H and O–H groups in total. The molecule has 224 valence electrons. The Morgan fingerprint density at radius 3 is 2.53 bits per heavy atom. The SMILES string of the molecule is N#Cc1cccc(S(=O)(=O)N2c3ccc(C(=O)NCc4ncc(C(F)(F)F)cc4F)cc3C3(CCSCC3)C2C2CC2)c1. The minimum Gasteiger partial charge on any atom is -0.346 e. The molecule has 7 nitrogen and oxygen atoms in total. The lowest BCUT2D eigenvalue weighted by Crippen LogP contribution is -2.50. The Morgan fingerprint density at radius 2 is 1.88 bits per heavy atom. The van der Waals surface area contributed by atoms with E-state index in [9.17, 15) is 36.0 Å². The van der Waals surface area contributed by atoms with E-state index in [-0.39, 0.29) is 33.7 Å². The maximum Gasteiger partial charge on any atom is 0.417 e. The van der Waals surface area contributed by atoms with Crippen molar-refractivity contribution in [3.05, 3.63) is 88.5 Å². The summed E-state index contributed by atoms with van der Waals surface area (Å²) in [6.45, 7) is -0.428. The number of aromatic nitrogens is 1. The number of nitrogens with zero attached hydrogens (tertiary/aromatic N) is 3. The molecule has 3 aliphatic rings. The second kappa shape index (κ2) is 10.8. The molecule has 2 aromatic carbocycles. The average molecular weight is 631 g/mol. The molecule has 6 rings (SSSR count). The van der Waals surface area contributed by atoms with Crippen molar-refractivity contribution in [3.63, 3.8) is 0 Å². The molecule has 2 aliphatic heterocycles. The molecule has 43 heavy (non-hydrogen) atoms. The first-order valence-corrected chi connectivity index (χ1v) is 16.3. The quantitative estimate of drug-likeness (QED) is 0.346. The number of hydrogen-bond acceptors (Lipinski definition) is 6. The highest BCUT2D eigenvalue weighted by Gasteiger charge is 2.59. The van der Waals surface area contributed by atoms with Crippen molar-refractivity contribution in [2.75, 3.05) is 15.8 Å². The maximum atomic E-state index is 14.3. The smallest absolute Gasteiger partial charge is 0.346 e. The van der Waals surface area contributed by atoms with Gasteiger partial charge in [-0.25, -0.2) is 12.8 Å². The number of fused-ring (bicyclic) bond motifs is 2. The van der Waals surface area contributed by atoms with Crippen LogP contribution in [0.25, 0.3) is 0 Å². The van der Waals surface area contributed by atoms with Gasteiger partial charge in [-0.15, -0.1) is 0 Å². The van der Waals surface area contributed by atoms with E-state index in [1.54, 1.807) is 36.0 Å². The van der Waals surface area contributed by atoms with E-state index in [0.717, 1.165) is 42.8 Å². The lowest BCUT2D eigenvalue weighted by Gasteiger charge is -2.41. The molecule has 1 saturated heterocycles. The number of rotatable bonds is 6. The minimum atomic E-state index is -4.74. The maximum absolute atomic E-state index is 14.3. The molecule has 1 unspecified atom stereocenters. The van der Waals surface area contributed by atoms with E-state index in [1.807, 2.05) is 6.07 Å². The molecule has 1 atom stereocenters. The molecule has 3 heterocycles. The van der Waals surface area contributed by atoms with Gasteiger partial charge in [0.1, 0.15) is 5.82 Å². The van der Waals surface area contributed by atoms with Crippen LogP contribution in [0.15, 0.2) is 59.6 Å². The first kappa shape index (κ1) is 29.4. The van der Waals surface area contributed by atoms with Gasteiger partial charge in [0.15, 0.2) is 0 Å². The van der Waals surface area contributed by atoms with E-state index in [1.165, 1.54) is 22.5 Å². The van der Waals surface area contributed by atoms with Crippen molar-refractivity contribution in [2.45, 2.75) is 54.8 Å². The van der Waals surface area contributed by atoms with Gasteiger partial charge in [-0.1, -0.05) is 6.07 Å². The van der Waals surface area contributed by atoms with E-state index < -0.39 is 45.4 Å². The largest absolute Gasteiger partial charge is 0.417 e. The highest BCUT2D eigenvalue weighted by Crippen LogP contribution is 2.59. The summed E-state index contributed by atoms with van der Waals surface area (Å²) < 4.78 is 83.0. The van der Waals surface area contributed by atoms with Gasteiger partial charge in [0.25, 0.3) is 15.9 Å². The van der Waals surface area contributed by atoms with Crippen LogP contribution in [0.5, 0.6) is 0 Å². The van der Waals surface area contributed by atoms with E-state index in [4.69, 9.17) is 0 Å². The standard InChI is InChI=1S/C30H26F4N4O3S2/c31-24-14-21(30(32,33)34)16-36-25(24)17-37-28(39)20-6-7-26-23(13-20)29(8-10-42-11-9-29)27(19-4-5-19)38(26)43(40,41)22-3-1-2-18(12-22)15-35/h1-3,6-7,12-14,16,19,27H,4-5,8-11,17H2,(H,37,39). The van der Waals surface area contributed by atoms with Gasteiger partial charge in [0.2, 0.25) is 0 Å². The second-order valence-electron chi connectivity index (χ2n) is 11.1. The fourth-order valence-corrected chi connectivity index (χ4v) is 9.36. The highest BCUT2D eigenvalue weighted by atomic mass is 32.2. The third-order valence-corrected chi connectivity index (χ3v) is 11.3. The minimum absolute atomic E-state index is 0.0262. The van der Waals surface area contributed by atoms with Gasteiger partial charge < -0.3 is 5.32 Å². The zero-order chi connectivity index (χ0) is 30.6. The van der Waals surface area contributed by atoms with Crippen molar-refractivity contribution in [2.24, 2.45) is 5.92 Å². The predicted molar refractivity (Wildman–Crippen MR) is 152 cm³/mol. The summed E-state index contributed by atoms with van der Waals surface area (Å²) in [5, 5.41) is 11.9. The van der Waals surface area contributed by atoms with Gasteiger partial charge in [-0.2, -0.15) is 30.2 Å². The molecule has 1 saturated carbocycles. The van der Waals surface area contributed by atoms with Gasteiger partial charge >= 0.3 is 6.18 Å². The number of carbonyl (C=O) groups is 1. The molecule has 1 amide bonds. The Balaban J connectivity index is 1.36. The second-order valence-corrected chi connectivity index (χ2v) is 14.1. The average Bonchev–Trinajstić information content (AvgIpc) is 3.80. The molecule has 2 fully saturated rings. The van der Waals surface area contributed by atoms with Crippen molar-refractivity contribution >= 4 is 33.4 Å². The molecule has 13 heteroatoms. The van der Waals surface area contributed by atoms with Crippen molar-refractivity contribution in [1.82, 2.24) is 10.3 Å². The van der Waals surface area contributed by atoms with Crippen LogP contribution in [0.3, 0.4) is 0 Å². The van der Waals surface area contributed by atoms with Crippen LogP contribution in [0, 0.1) is 23.1 Å². The number of carbonyl (C=O) groups excluding carboxylic acids is 1. The van der Waals surface area contributed by atoms with Crippen molar-refractivity contribution < 1.29 is 30.8 Å². The number of halogens is 4. The molecular formula is C30H26F4N4O3S2. The Labute approximate surface area is 250 Å². The summed E-state index contributed by atoms with van der Waals surface area (Å²) in [5.41, 5.74) is -0.358. The van der Waals surface area contributed by atoms with Gasteiger partial charge in [-0.05, 0) is 91.1 Å². The number of pyridine rings is 1. The highest BCUT2D eigenvalue weighted by molar-refractivity contribution is 7.99. The third-order valence-electron chi connectivity index (χ3n) is 8.49. The molecule has 0 radical (unpaired) electrons. The first-order valence-electron chi connectivity index (χ1n) is 13.7. The Hall–Kier alpha value is -3.63. The molecule has 1 aromatic heterocycles. The number of sulfonamides is 1. The molecule has 3 aromatic rings. The normalized spacial score (nSPS) is 19.6. The number of hydrogen-bond donors (Lipinski definition) is 1. The Bertz CT molecular complexity index is 1750. The lowest BCUT2D eigenvalue weighted by molar-refractivity contribution is -0.138. The zero-order valence-corrected chi connectivity index (χ0v) is 24.3. The predicted octanol–water partition coefficient (Wildman–Crippen LogP) is 5.79. The summed E-state index contributed by atoms with van der Waals surface area (Å²) in [4.78, 5) is 16.8.